The molecule has 0 bridgehead atoms. The Balaban J connectivity index is 2.19. The van der Waals surface area contributed by atoms with Crippen molar-refractivity contribution in [3.63, 3.8) is 0 Å². The normalized spacial score (nSPS) is 13.9. The number of para-hydroxylation sites is 1. The highest BCUT2D eigenvalue weighted by atomic mass is 16.4. The first-order valence-electron chi connectivity index (χ1n) is 6.43. The summed E-state index contributed by atoms with van der Waals surface area (Å²) >= 11 is 0. The lowest BCUT2D eigenvalue weighted by molar-refractivity contribution is -0.141. The number of hydrogen-bond donors (Lipinski definition) is 2. The molecule has 2 aromatic rings. The lowest BCUT2D eigenvalue weighted by Gasteiger charge is -2.16. The number of carbonyl (C=O) groups is 2. The Morgan fingerprint density at radius 1 is 1.30 bits per heavy atom. The van der Waals surface area contributed by atoms with Crippen molar-refractivity contribution in [3.8, 4) is 0 Å². The van der Waals surface area contributed by atoms with E-state index in [0.717, 1.165) is 10.9 Å². The number of nitrogens with one attached hydrogen (secondary N) is 1. The van der Waals surface area contributed by atoms with Gasteiger partial charge < -0.3 is 14.8 Å². The summed E-state index contributed by atoms with van der Waals surface area (Å²) in [4.78, 5) is 22.9. The van der Waals surface area contributed by atoms with Crippen molar-refractivity contribution >= 4 is 22.8 Å². The highest BCUT2D eigenvalue weighted by molar-refractivity contribution is 5.97. The quantitative estimate of drug-likeness (QED) is 0.898. The van der Waals surface area contributed by atoms with Crippen molar-refractivity contribution in [1.29, 1.82) is 0 Å². The minimum absolute atomic E-state index is 0.193. The molecule has 1 aromatic heterocycles. The number of carbonyl (C=O) groups excluding carboxylic acids is 1. The molecule has 0 aliphatic carbocycles. The number of hydrogen-bond acceptors (Lipinski definition) is 3. The van der Waals surface area contributed by atoms with Gasteiger partial charge in [0.25, 0.3) is 5.91 Å². The number of amides is 1. The molecule has 1 aromatic carbocycles. The van der Waals surface area contributed by atoms with Gasteiger partial charge in [-0.3, -0.25) is 9.59 Å². The SMILES string of the molecule is Cc1cccc2cc(C(=O)NC(C)C(C)C(=O)O)oc12. The lowest BCUT2D eigenvalue weighted by Crippen LogP contribution is -2.39. The van der Waals surface area contributed by atoms with Gasteiger partial charge in [-0.1, -0.05) is 18.2 Å². The fourth-order valence-corrected chi connectivity index (χ4v) is 1.94. The summed E-state index contributed by atoms with van der Waals surface area (Å²) in [5.41, 5.74) is 1.63. The zero-order valence-electron chi connectivity index (χ0n) is 11.6. The van der Waals surface area contributed by atoms with Gasteiger partial charge in [-0.2, -0.15) is 0 Å². The fourth-order valence-electron chi connectivity index (χ4n) is 1.94. The average molecular weight is 275 g/mol. The van der Waals surface area contributed by atoms with Crippen LogP contribution in [0.1, 0.15) is 30.0 Å². The number of carboxylic acid groups (broad SMARTS) is 1. The third-order valence-corrected chi connectivity index (χ3v) is 3.46. The molecule has 0 saturated heterocycles. The number of furan rings is 1. The zero-order valence-corrected chi connectivity index (χ0v) is 11.6. The monoisotopic (exact) mass is 275 g/mol. The molecule has 0 aliphatic heterocycles. The van der Waals surface area contributed by atoms with Crippen LogP contribution in [-0.4, -0.2) is 23.0 Å². The molecule has 1 amide bonds. The predicted octanol–water partition coefficient (Wildman–Crippen LogP) is 2.58. The molecular weight excluding hydrogens is 258 g/mol. The molecule has 0 fully saturated rings. The van der Waals surface area contributed by atoms with Crippen LogP contribution in [0.25, 0.3) is 11.0 Å². The minimum Gasteiger partial charge on any atom is -0.481 e. The van der Waals surface area contributed by atoms with Gasteiger partial charge in [0.15, 0.2) is 5.76 Å². The minimum atomic E-state index is -0.946. The molecular formula is C15H17NO4. The van der Waals surface area contributed by atoms with Crippen LogP contribution in [0.15, 0.2) is 28.7 Å². The summed E-state index contributed by atoms with van der Waals surface area (Å²) < 4.78 is 5.54. The Bertz CT molecular complexity index is 659. The molecule has 2 atom stereocenters. The van der Waals surface area contributed by atoms with Gasteiger partial charge in [0.2, 0.25) is 0 Å². The highest BCUT2D eigenvalue weighted by Crippen LogP contribution is 2.22. The summed E-state index contributed by atoms with van der Waals surface area (Å²) in [6.07, 6.45) is 0. The van der Waals surface area contributed by atoms with Crippen LogP contribution in [0, 0.1) is 12.8 Å². The Morgan fingerprint density at radius 2 is 2.00 bits per heavy atom. The van der Waals surface area contributed by atoms with Gasteiger partial charge >= 0.3 is 5.97 Å². The van der Waals surface area contributed by atoms with Crippen LogP contribution < -0.4 is 5.32 Å². The number of benzene rings is 1. The predicted molar refractivity (Wildman–Crippen MR) is 74.7 cm³/mol. The Kier molecular flexibility index (Phi) is 3.79. The molecule has 5 nitrogen and oxygen atoms in total. The van der Waals surface area contributed by atoms with Crippen LogP contribution in [0.2, 0.25) is 0 Å². The summed E-state index contributed by atoms with van der Waals surface area (Å²) in [5, 5.41) is 12.4. The van der Waals surface area contributed by atoms with Crippen LogP contribution >= 0.6 is 0 Å². The highest BCUT2D eigenvalue weighted by Gasteiger charge is 2.23. The molecule has 5 heteroatoms. The molecule has 0 spiro atoms. The van der Waals surface area contributed by atoms with Crippen LogP contribution in [0.4, 0.5) is 0 Å². The first kappa shape index (κ1) is 14.1. The molecule has 2 unspecified atom stereocenters. The number of rotatable bonds is 4. The van der Waals surface area contributed by atoms with Gasteiger partial charge in [-0.05, 0) is 32.4 Å². The third-order valence-electron chi connectivity index (χ3n) is 3.46. The van der Waals surface area contributed by atoms with Crippen molar-refractivity contribution in [1.82, 2.24) is 5.32 Å². The smallest absolute Gasteiger partial charge is 0.308 e. The van der Waals surface area contributed by atoms with Crippen LogP contribution in [0.3, 0.4) is 0 Å². The first-order chi connectivity index (χ1) is 9.40. The molecule has 1 heterocycles. The topological polar surface area (TPSA) is 79.5 Å². The van der Waals surface area contributed by atoms with Crippen LogP contribution in [0.5, 0.6) is 0 Å². The number of carboxylic acids is 1. The third kappa shape index (κ3) is 2.66. The second kappa shape index (κ2) is 5.36. The van der Waals surface area contributed by atoms with Crippen molar-refractivity contribution in [2.45, 2.75) is 26.8 Å². The Hall–Kier alpha value is -2.30. The Labute approximate surface area is 116 Å². The average Bonchev–Trinajstić information content (AvgIpc) is 2.83. The van der Waals surface area contributed by atoms with E-state index in [1.807, 2.05) is 25.1 Å². The van der Waals surface area contributed by atoms with E-state index in [1.54, 1.807) is 19.9 Å². The van der Waals surface area contributed by atoms with Crippen LogP contribution in [-0.2, 0) is 4.79 Å². The maximum atomic E-state index is 12.1. The summed E-state index contributed by atoms with van der Waals surface area (Å²) in [6, 6.07) is 6.85. The van der Waals surface area contributed by atoms with Crippen molar-refractivity contribution in [3.05, 3.63) is 35.6 Å². The van der Waals surface area contributed by atoms with Gasteiger partial charge in [0.05, 0.1) is 5.92 Å². The molecule has 106 valence electrons. The van der Waals surface area contributed by atoms with E-state index in [9.17, 15) is 9.59 Å². The number of aryl methyl sites for hydroxylation is 1. The van der Waals surface area contributed by atoms with Crippen molar-refractivity contribution in [2.75, 3.05) is 0 Å². The van der Waals surface area contributed by atoms with E-state index in [1.165, 1.54) is 0 Å². The maximum absolute atomic E-state index is 12.1. The zero-order chi connectivity index (χ0) is 14.9. The largest absolute Gasteiger partial charge is 0.481 e. The van der Waals surface area contributed by atoms with Gasteiger partial charge in [0.1, 0.15) is 5.58 Å². The van der Waals surface area contributed by atoms with Crippen molar-refractivity contribution < 1.29 is 19.1 Å². The van der Waals surface area contributed by atoms with Crippen molar-refractivity contribution in [2.24, 2.45) is 5.92 Å². The maximum Gasteiger partial charge on any atom is 0.308 e. The van der Waals surface area contributed by atoms with E-state index < -0.39 is 23.8 Å². The number of fused-ring (bicyclic) bond motifs is 1. The molecule has 2 rings (SSSR count). The first-order valence-corrected chi connectivity index (χ1v) is 6.43. The molecule has 0 radical (unpaired) electrons. The van der Waals surface area contributed by atoms with Gasteiger partial charge in [-0.25, -0.2) is 0 Å². The summed E-state index contributed by atoms with van der Waals surface area (Å²) in [7, 11) is 0. The lowest BCUT2D eigenvalue weighted by atomic mass is 10.0. The van der Waals surface area contributed by atoms with E-state index >= 15 is 0 Å². The molecule has 0 saturated carbocycles. The van der Waals surface area contributed by atoms with E-state index in [-0.39, 0.29) is 5.76 Å². The standard InChI is InChI=1S/C15H17NO4/c1-8-5-4-6-11-7-12(20-13(8)11)14(17)16-10(3)9(2)15(18)19/h4-7,9-10H,1-3H3,(H,16,17)(H,18,19). The van der Waals surface area contributed by atoms with E-state index in [0.29, 0.717) is 5.58 Å². The summed E-state index contributed by atoms with van der Waals surface area (Å²) in [5.74, 6) is -1.82. The van der Waals surface area contributed by atoms with E-state index in [4.69, 9.17) is 9.52 Å². The number of aliphatic carboxylic acids is 1. The van der Waals surface area contributed by atoms with Gasteiger partial charge in [-0.15, -0.1) is 0 Å². The molecule has 2 N–H and O–H groups in total. The second-order valence-corrected chi connectivity index (χ2v) is 4.99. The Morgan fingerprint density at radius 3 is 2.60 bits per heavy atom. The molecule has 20 heavy (non-hydrogen) atoms. The molecule has 0 aliphatic rings. The van der Waals surface area contributed by atoms with E-state index in [2.05, 4.69) is 5.32 Å². The fraction of sp³-hybridized carbons (Fsp3) is 0.333. The van der Waals surface area contributed by atoms with Gasteiger partial charge in [0, 0.05) is 11.4 Å². The summed E-state index contributed by atoms with van der Waals surface area (Å²) in [6.45, 7) is 5.11. The second-order valence-electron chi connectivity index (χ2n) is 4.99.